The van der Waals surface area contributed by atoms with Crippen molar-refractivity contribution in [3.8, 4) is 0 Å². The third-order valence-electron chi connectivity index (χ3n) is 7.95. The molecule has 1 aromatic carbocycles. The van der Waals surface area contributed by atoms with E-state index in [-0.39, 0.29) is 34.5 Å². The lowest BCUT2D eigenvalue weighted by Crippen LogP contribution is -2.52. The molecule has 2 saturated carbocycles. The standard InChI is InChI=1S/C23H26F3NO3/c24-23(25,26)18-3-1-2-15(8-18)16-9-21(10-16)4-6-27(7-5-21)20(29)17-11-22(12-17)13-19(28)30-14-22/h1-3,8,16-17H,4-7,9-14H2. The molecule has 0 radical (unpaired) electrons. The van der Waals surface area contributed by atoms with Crippen LogP contribution in [0.4, 0.5) is 13.2 Å². The molecule has 4 fully saturated rings. The number of hydrogen-bond acceptors (Lipinski definition) is 3. The van der Waals surface area contributed by atoms with Crippen molar-refractivity contribution in [2.45, 2.75) is 57.0 Å². The molecule has 0 bridgehead atoms. The molecular formula is C23H26F3NO3. The van der Waals surface area contributed by atoms with Crippen LogP contribution >= 0.6 is 0 Å². The molecule has 2 aliphatic heterocycles. The smallest absolute Gasteiger partial charge is 0.416 e. The van der Waals surface area contributed by atoms with Crippen molar-refractivity contribution in [1.82, 2.24) is 4.90 Å². The van der Waals surface area contributed by atoms with Crippen molar-refractivity contribution < 1.29 is 27.5 Å². The number of likely N-dealkylation sites (tertiary alicyclic amines) is 1. The molecular weight excluding hydrogens is 395 g/mol. The maximum atomic E-state index is 13.0. The molecule has 5 rings (SSSR count). The van der Waals surface area contributed by atoms with E-state index in [1.54, 1.807) is 6.07 Å². The van der Waals surface area contributed by atoms with Gasteiger partial charge in [0.05, 0.1) is 18.6 Å². The van der Waals surface area contributed by atoms with Gasteiger partial charge in [0, 0.05) is 24.4 Å². The molecule has 0 atom stereocenters. The zero-order valence-corrected chi connectivity index (χ0v) is 16.8. The Bertz CT molecular complexity index is 859. The Kier molecular flexibility index (Phi) is 4.46. The third kappa shape index (κ3) is 3.40. The molecule has 1 aromatic rings. The first-order valence-electron chi connectivity index (χ1n) is 10.8. The summed E-state index contributed by atoms with van der Waals surface area (Å²) < 4.78 is 44.0. The number of hydrogen-bond donors (Lipinski definition) is 0. The van der Waals surface area contributed by atoms with E-state index in [0.29, 0.717) is 13.0 Å². The van der Waals surface area contributed by atoms with Crippen LogP contribution in [0.1, 0.15) is 62.0 Å². The van der Waals surface area contributed by atoms with Crippen molar-refractivity contribution in [2.75, 3.05) is 19.7 Å². The number of esters is 1. The van der Waals surface area contributed by atoms with Crippen LogP contribution < -0.4 is 0 Å². The molecule has 4 nitrogen and oxygen atoms in total. The lowest BCUT2D eigenvalue weighted by Gasteiger charge is -2.53. The SMILES string of the molecule is O=C1CC2(CO1)CC(C(=O)N1CCC3(CC1)CC(c1cccc(C(F)(F)F)c1)C3)C2. The number of ether oxygens (including phenoxy) is 1. The Morgan fingerprint density at radius 1 is 1.07 bits per heavy atom. The molecule has 0 aromatic heterocycles. The molecule has 2 heterocycles. The Labute approximate surface area is 173 Å². The van der Waals surface area contributed by atoms with Crippen LogP contribution in [0.3, 0.4) is 0 Å². The third-order valence-corrected chi connectivity index (χ3v) is 7.95. The fourth-order valence-corrected chi connectivity index (χ4v) is 6.12. The van der Waals surface area contributed by atoms with Gasteiger partial charge in [0.2, 0.25) is 5.91 Å². The number of nitrogens with zero attached hydrogens (tertiary/aromatic N) is 1. The van der Waals surface area contributed by atoms with Crippen molar-refractivity contribution in [2.24, 2.45) is 16.7 Å². The first kappa shape index (κ1) is 19.9. The predicted molar refractivity (Wildman–Crippen MR) is 102 cm³/mol. The molecule has 0 N–H and O–H groups in total. The number of halogens is 3. The van der Waals surface area contributed by atoms with E-state index in [2.05, 4.69) is 0 Å². The summed E-state index contributed by atoms with van der Waals surface area (Å²) in [6.45, 7) is 1.91. The van der Waals surface area contributed by atoms with Crippen LogP contribution in [0, 0.1) is 16.7 Å². The lowest BCUT2D eigenvalue weighted by molar-refractivity contribution is -0.147. The van der Waals surface area contributed by atoms with E-state index in [0.717, 1.165) is 63.2 Å². The zero-order chi connectivity index (χ0) is 21.1. The van der Waals surface area contributed by atoms with Crippen molar-refractivity contribution >= 4 is 11.9 Å². The van der Waals surface area contributed by atoms with E-state index in [4.69, 9.17) is 4.74 Å². The van der Waals surface area contributed by atoms with Gasteiger partial charge >= 0.3 is 12.1 Å². The molecule has 2 saturated heterocycles. The summed E-state index contributed by atoms with van der Waals surface area (Å²) in [7, 11) is 0. The molecule has 2 aliphatic carbocycles. The summed E-state index contributed by atoms with van der Waals surface area (Å²) >= 11 is 0. The van der Waals surface area contributed by atoms with Gasteiger partial charge in [-0.15, -0.1) is 0 Å². The van der Waals surface area contributed by atoms with Gasteiger partial charge in [0.15, 0.2) is 0 Å². The quantitative estimate of drug-likeness (QED) is 0.659. The highest BCUT2D eigenvalue weighted by Crippen LogP contribution is 2.57. The minimum absolute atomic E-state index is 0.00722. The summed E-state index contributed by atoms with van der Waals surface area (Å²) in [6.07, 6.45) is 1.29. The second kappa shape index (κ2) is 6.72. The van der Waals surface area contributed by atoms with E-state index in [9.17, 15) is 22.8 Å². The monoisotopic (exact) mass is 421 g/mol. The number of amides is 1. The average Bonchev–Trinajstić information content (AvgIpc) is 3.06. The number of benzene rings is 1. The van der Waals surface area contributed by atoms with Crippen molar-refractivity contribution in [3.63, 3.8) is 0 Å². The Hall–Kier alpha value is -2.05. The van der Waals surface area contributed by atoms with Crippen LogP contribution in [-0.4, -0.2) is 36.5 Å². The van der Waals surface area contributed by atoms with Gasteiger partial charge in [-0.1, -0.05) is 18.2 Å². The normalized spacial score (nSPS) is 25.8. The van der Waals surface area contributed by atoms with Gasteiger partial charge in [0.25, 0.3) is 0 Å². The van der Waals surface area contributed by atoms with Crippen molar-refractivity contribution in [1.29, 1.82) is 0 Å². The summed E-state index contributed by atoms with van der Waals surface area (Å²) in [4.78, 5) is 26.2. The topological polar surface area (TPSA) is 46.6 Å². The fraction of sp³-hybridized carbons (Fsp3) is 0.652. The summed E-state index contributed by atoms with van der Waals surface area (Å²) in [5.74, 6) is 0.235. The molecule has 1 amide bonds. The second-order valence-electron chi connectivity index (χ2n) is 10.00. The van der Waals surface area contributed by atoms with Gasteiger partial charge in [-0.05, 0) is 61.5 Å². The highest BCUT2D eigenvalue weighted by Gasteiger charge is 2.54. The van der Waals surface area contributed by atoms with Crippen LogP contribution in [0.5, 0.6) is 0 Å². The molecule has 2 spiro atoms. The van der Waals surface area contributed by atoms with E-state index in [1.807, 2.05) is 4.90 Å². The van der Waals surface area contributed by atoms with E-state index in [1.165, 1.54) is 12.1 Å². The predicted octanol–water partition coefficient (Wildman–Crippen LogP) is 4.53. The maximum absolute atomic E-state index is 13.0. The van der Waals surface area contributed by atoms with E-state index < -0.39 is 11.7 Å². The number of cyclic esters (lactones) is 1. The molecule has 7 heteroatoms. The Morgan fingerprint density at radius 2 is 1.77 bits per heavy atom. The van der Waals surface area contributed by atoms with Gasteiger partial charge in [-0.25, -0.2) is 0 Å². The summed E-state index contributed by atoms with van der Waals surface area (Å²) in [5, 5.41) is 0. The zero-order valence-electron chi connectivity index (χ0n) is 16.8. The molecule has 4 aliphatic rings. The number of piperidine rings is 1. The van der Waals surface area contributed by atoms with Gasteiger partial charge in [-0.2, -0.15) is 13.2 Å². The van der Waals surface area contributed by atoms with E-state index >= 15 is 0 Å². The molecule has 30 heavy (non-hydrogen) atoms. The van der Waals surface area contributed by atoms with Crippen molar-refractivity contribution in [3.05, 3.63) is 35.4 Å². The first-order valence-corrected chi connectivity index (χ1v) is 10.8. The van der Waals surface area contributed by atoms with Crippen LogP contribution in [0.15, 0.2) is 24.3 Å². The molecule has 162 valence electrons. The number of rotatable bonds is 2. The largest absolute Gasteiger partial charge is 0.465 e. The average molecular weight is 421 g/mol. The van der Waals surface area contributed by atoms with Gasteiger partial charge < -0.3 is 9.64 Å². The number of carbonyl (C=O) groups excluding carboxylic acids is 2. The Morgan fingerprint density at radius 3 is 2.37 bits per heavy atom. The summed E-state index contributed by atoms with van der Waals surface area (Å²) in [5.41, 5.74) is 0.277. The number of alkyl halides is 3. The first-order chi connectivity index (χ1) is 14.2. The second-order valence-corrected chi connectivity index (χ2v) is 10.00. The minimum atomic E-state index is -4.30. The minimum Gasteiger partial charge on any atom is -0.465 e. The highest BCUT2D eigenvalue weighted by atomic mass is 19.4. The fourth-order valence-electron chi connectivity index (χ4n) is 6.12. The number of carbonyl (C=O) groups is 2. The van der Waals surface area contributed by atoms with Crippen LogP contribution in [0.2, 0.25) is 0 Å². The van der Waals surface area contributed by atoms with Gasteiger partial charge in [0.1, 0.15) is 0 Å². The highest BCUT2D eigenvalue weighted by molar-refractivity contribution is 5.81. The Balaban J connectivity index is 1.12. The van der Waals surface area contributed by atoms with Gasteiger partial charge in [-0.3, -0.25) is 9.59 Å². The summed E-state index contributed by atoms with van der Waals surface area (Å²) in [6, 6.07) is 5.72. The van der Waals surface area contributed by atoms with Crippen LogP contribution in [0.25, 0.3) is 0 Å². The lowest BCUT2D eigenvalue weighted by atomic mass is 9.55. The maximum Gasteiger partial charge on any atom is 0.416 e. The molecule has 0 unspecified atom stereocenters. The van der Waals surface area contributed by atoms with Crippen LogP contribution in [-0.2, 0) is 20.5 Å².